The van der Waals surface area contributed by atoms with Gasteiger partial charge in [-0.1, -0.05) is 6.08 Å². The molecule has 0 aromatic heterocycles. The summed E-state index contributed by atoms with van der Waals surface area (Å²) in [6.45, 7) is 5.31. The zero-order valence-corrected chi connectivity index (χ0v) is 11.1. The van der Waals surface area contributed by atoms with Gasteiger partial charge in [0.15, 0.2) is 0 Å². The van der Waals surface area contributed by atoms with Gasteiger partial charge in [0.2, 0.25) is 5.91 Å². The quantitative estimate of drug-likeness (QED) is 0.577. The van der Waals surface area contributed by atoms with Gasteiger partial charge in [-0.05, 0) is 25.7 Å². The summed E-state index contributed by atoms with van der Waals surface area (Å²) in [6.07, 6.45) is 1.48. The topological polar surface area (TPSA) is 84.8 Å². The number of carbonyl (C=O) groups is 1. The first kappa shape index (κ1) is 17.1. The van der Waals surface area contributed by atoms with Gasteiger partial charge in [0, 0.05) is 13.0 Å². The standard InChI is InChI=1S/C8H16NO3PS.H3N/c1-5-6-12-13(11,14)9(7(2)3)8(4)10;/h5,7H,1,6H2,2-4H3,(H,11,14);1H3. The maximum atomic E-state index is 11.2. The number of amides is 1. The summed E-state index contributed by atoms with van der Waals surface area (Å²) in [5, 5.41) is 0. The van der Waals surface area contributed by atoms with Crippen molar-refractivity contribution in [2.45, 2.75) is 26.8 Å². The van der Waals surface area contributed by atoms with Crippen LogP contribution in [0.2, 0.25) is 0 Å². The van der Waals surface area contributed by atoms with Crippen LogP contribution >= 0.6 is 6.64 Å². The van der Waals surface area contributed by atoms with Crippen LogP contribution in [0.25, 0.3) is 0 Å². The minimum atomic E-state index is -3.19. The lowest BCUT2D eigenvalue weighted by molar-refractivity contribution is -0.126. The van der Waals surface area contributed by atoms with E-state index in [1.54, 1.807) is 13.8 Å². The first-order valence-electron chi connectivity index (χ1n) is 4.21. The van der Waals surface area contributed by atoms with Crippen LogP contribution in [0.15, 0.2) is 12.7 Å². The zero-order valence-electron chi connectivity index (χ0n) is 9.34. The summed E-state index contributed by atoms with van der Waals surface area (Å²) in [5.41, 5.74) is 0. The number of hydrogen-bond donors (Lipinski definition) is 2. The Morgan fingerprint density at radius 3 is 2.47 bits per heavy atom. The fraction of sp³-hybridized carbons (Fsp3) is 0.625. The van der Waals surface area contributed by atoms with Crippen molar-refractivity contribution in [2.75, 3.05) is 6.61 Å². The zero-order chi connectivity index (χ0) is 11.4. The predicted molar refractivity (Wildman–Crippen MR) is 65.3 cm³/mol. The monoisotopic (exact) mass is 254 g/mol. The van der Waals surface area contributed by atoms with Gasteiger partial charge in [-0.25, -0.2) is 0 Å². The summed E-state index contributed by atoms with van der Waals surface area (Å²) in [4.78, 5) is 21.0. The summed E-state index contributed by atoms with van der Waals surface area (Å²) >= 11 is 4.88. The molecular weight excluding hydrogens is 235 g/mol. The third-order valence-corrected chi connectivity index (χ3v) is 4.06. The number of carbonyl (C=O) groups excluding carboxylic acids is 1. The van der Waals surface area contributed by atoms with E-state index >= 15 is 0 Å². The van der Waals surface area contributed by atoms with Crippen LogP contribution in [0.5, 0.6) is 0 Å². The van der Waals surface area contributed by atoms with E-state index in [0.29, 0.717) is 0 Å². The molecule has 0 bridgehead atoms. The third-order valence-electron chi connectivity index (χ3n) is 1.44. The molecule has 4 N–H and O–H groups in total. The van der Waals surface area contributed by atoms with Crippen LogP contribution in [-0.2, 0) is 21.1 Å². The molecule has 0 radical (unpaired) electrons. The summed E-state index contributed by atoms with van der Waals surface area (Å²) in [6, 6.07) is -0.173. The van der Waals surface area contributed by atoms with Gasteiger partial charge in [0.25, 0.3) is 6.64 Å². The second-order valence-electron chi connectivity index (χ2n) is 3.03. The Kier molecular flexibility index (Phi) is 8.10. The van der Waals surface area contributed by atoms with Crippen LogP contribution in [-0.4, -0.2) is 28.1 Å². The minimum Gasteiger partial charge on any atom is -0.344 e. The summed E-state index contributed by atoms with van der Waals surface area (Å²) in [5.74, 6) is -0.283. The molecular formula is C8H19N2O3PS. The summed E-state index contributed by atoms with van der Waals surface area (Å²) in [7, 11) is 0. The molecule has 7 heteroatoms. The van der Waals surface area contributed by atoms with E-state index in [1.807, 2.05) is 0 Å². The number of rotatable bonds is 5. The molecule has 0 rings (SSSR count). The highest BCUT2D eigenvalue weighted by atomic mass is 32.5. The van der Waals surface area contributed by atoms with E-state index in [1.165, 1.54) is 17.7 Å². The Morgan fingerprint density at radius 1 is 1.73 bits per heavy atom. The van der Waals surface area contributed by atoms with Crippen molar-refractivity contribution in [1.29, 1.82) is 0 Å². The molecule has 5 nitrogen and oxygen atoms in total. The van der Waals surface area contributed by atoms with Gasteiger partial charge >= 0.3 is 0 Å². The molecule has 1 amide bonds. The van der Waals surface area contributed by atoms with Crippen LogP contribution in [0, 0.1) is 0 Å². The van der Waals surface area contributed by atoms with E-state index in [4.69, 9.17) is 16.3 Å². The Bertz CT molecular complexity index is 271. The van der Waals surface area contributed by atoms with Gasteiger partial charge < -0.3 is 15.6 Å². The average Bonchev–Trinajstić information content (AvgIpc) is 1.98. The maximum absolute atomic E-state index is 11.2. The van der Waals surface area contributed by atoms with Gasteiger partial charge in [0.05, 0.1) is 6.61 Å². The molecule has 0 aromatic carbocycles. The lowest BCUT2D eigenvalue weighted by atomic mass is 10.4. The van der Waals surface area contributed by atoms with E-state index in [0.717, 1.165) is 0 Å². The number of hydrogen-bond acceptors (Lipinski definition) is 4. The van der Waals surface area contributed by atoms with Crippen molar-refractivity contribution in [2.24, 2.45) is 0 Å². The van der Waals surface area contributed by atoms with Gasteiger partial charge in [0.1, 0.15) is 0 Å². The van der Waals surface area contributed by atoms with Gasteiger partial charge in [-0.3, -0.25) is 9.46 Å². The molecule has 0 spiro atoms. The first-order chi connectivity index (χ1) is 6.33. The molecule has 0 aliphatic rings. The molecule has 0 aliphatic carbocycles. The van der Waals surface area contributed by atoms with Crippen LogP contribution in [0.3, 0.4) is 0 Å². The SMILES string of the molecule is C=CCOP(O)(=S)N(C(C)=O)C(C)C.N. The van der Waals surface area contributed by atoms with E-state index in [9.17, 15) is 9.69 Å². The Hall–Kier alpha value is -0.260. The molecule has 1 atom stereocenters. The molecule has 0 aliphatic heterocycles. The Balaban J connectivity index is 0. The molecule has 0 heterocycles. The lowest BCUT2D eigenvalue weighted by Gasteiger charge is -2.31. The highest BCUT2D eigenvalue weighted by Gasteiger charge is 2.29. The van der Waals surface area contributed by atoms with Crippen molar-refractivity contribution >= 4 is 24.4 Å². The second-order valence-corrected chi connectivity index (χ2v) is 6.13. The third kappa shape index (κ3) is 5.39. The van der Waals surface area contributed by atoms with E-state index in [2.05, 4.69) is 6.58 Å². The normalized spacial score (nSPS) is 13.9. The predicted octanol–water partition coefficient (Wildman–Crippen LogP) is 1.82. The van der Waals surface area contributed by atoms with Crippen LogP contribution in [0.4, 0.5) is 0 Å². The molecule has 90 valence electrons. The number of nitrogens with zero attached hydrogens (tertiary/aromatic N) is 1. The Labute approximate surface area is 95.9 Å². The van der Waals surface area contributed by atoms with E-state index in [-0.39, 0.29) is 24.7 Å². The van der Waals surface area contributed by atoms with Crippen molar-refractivity contribution in [3.8, 4) is 0 Å². The second kappa shape index (κ2) is 7.09. The molecule has 0 saturated heterocycles. The van der Waals surface area contributed by atoms with Crippen molar-refractivity contribution in [3.05, 3.63) is 12.7 Å². The largest absolute Gasteiger partial charge is 0.344 e. The van der Waals surface area contributed by atoms with Crippen LogP contribution in [0.1, 0.15) is 20.8 Å². The first-order valence-corrected chi connectivity index (χ1v) is 6.84. The molecule has 0 fully saturated rings. The van der Waals surface area contributed by atoms with Crippen molar-refractivity contribution in [1.82, 2.24) is 10.8 Å². The lowest BCUT2D eigenvalue weighted by Crippen LogP contribution is -2.32. The smallest absolute Gasteiger partial charge is 0.290 e. The molecule has 15 heavy (non-hydrogen) atoms. The molecule has 0 saturated carbocycles. The molecule has 1 unspecified atom stereocenters. The van der Waals surface area contributed by atoms with Crippen LogP contribution < -0.4 is 6.15 Å². The van der Waals surface area contributed by atoms with Gasteiger partial charge in [-0.15, -0.1) is 6.58 Å². The fourth-order valence-electron chi connectivity index (χ4n) is 1.05. The Morgan fingerprint density at radius 2 is 2.20 bits per heavy atom. The van der Waals surface area contributed by atoms with E-state index < -0.39 is 6.64 Å². The fourth-order valence-corrected chi connectivity index (χ4v) is 3.50. The minimum absolute atomic E-state index is 0. The van der Waals surface area contributed by atoms with Crippen molar-refractivity contribution in [3.63, 3.8) is 0 Å². The highest BCUT2D eigenvalue weighted by Crippen LogP contribution is 2.48. The van der Waals surface area contributed by atoms with Crippen molar-refractivity contribution < 1.29 is 14.2 Å². The summed E-state index contributed by atoms with van der Waals surface area (Å²) < 4.78 is 6.23. The van der Waals surface area contributed by atoms with Gasteiger partial charge in [-0.2, -0.15) is 0 Å². The molecule has 0 aromatic rings. The average molecular weight is 254 g/mol. The maximum Gasteiger partial charge on any atom is 0.290 e. The highest BCUT2D eigenvalue weighted by molar-refractivity contribution is 8.08.